The van der Waals surface area contributed by atoms with Crippen molar-refractivity contribution in [2.75, 3.05) is 0 Å². The number of hydrogen-bond donors (Lipinski definition) is 1. The van der Waals surface area contributed by atoms with E-state index >= 15 is 0 Å². The topological polar surface area (TPSA) is 55.1 Å². The molecule has 0 bridgehead atoms. The maximum absolute atomic E-state index is 11.7. The van der Waals surface area contributed by atoms with Crippen molar-refractivity contribution >= 4 is 10.9 Å². The fourth-order valence-electron chi connectivity index (χ4n) is 1.49. The summed E-state index contributed by atoms with van der Waals surface area (Å²) in [6.45, 7) is 1.67. The Bertz CT molecular complexity index is 558. The van der Waals surface area contributed by atoms with E-state index in [0.29, 0.717) is 10.9 Å². The van der Waals surface area contributed by atoms with Crippen molar-refractivity contribution < 1.29 is 5.11 Å². The van der Waals surface area contributed by atoms with Gasteiger partial charge < -0.3 is 9.67 Å². The van der Waals surface area contributed by atoms with Crippen LogP contribution in [0.4, 0.5) is 0 Å². The van der Waals surface area contributed by atoms with Crippen LogP contribution in [-0.2, 0) is 7.05 Å². The van der Waals surface area contributed by atoms with Gasteiger partial charge in [0.25, 0.3) is 5.56 Å². The molecule has 1 heterocycles. The van der Waals surface area contributed by atoms with E-state index in [1.54, 1.807) is 32.2 Å². The van der Waals surface area contributed by atoms with Crippen molar-refractivity contribution in [3.8, 4) is 0 Å². The maximum Gasteiger partial charge on any atom is 0.260 e. The van der Waals surface area contributed by atoms with Crippen LogP contribution < -0.4 is 5.56 Å². The smallest absolute Gasteiger partial charge is 0.260 e. The fourth-order valence-corrected chi connectivity index (χ4v) is 1.49. The Morgan fingerprint density at radius 2 is 2.20 bits per heavy atom. The van der Waals surface area contributed by atoms with Crippen LogP contribution in [0, 0.1) is 0 Å². The fraction of sp³-hybridized carbons (Fsp3) is 0.273. The minimum atomic E-state index is -0.570. The van der Waals surface area contributed by atoms with Crippen molar-refractivity contribution in [2.45, 2.75) is 13.0 Å². The van der Waals surface area contributed by atoms with Crippen molar-refractivity contribution in [3.05, 3.63) is 40.4 Å². The number of fused-ring (bicyclic) bond motifs is 1. The molecule has 15 heavy (non-hydrogen) atoms. The van der Waals surface area contributed by atoms with Gasteiger partial charge in [-0.1, -0.05) is 6.07 Å². The van der Waals surface area contributed by atoms with E-state index < -0.39 is 6.10 Å². The van der Waals surface area contributed by atoms with Gasteiger partial charge in [0.15, 0.2) is 0 Å². The second-order valence-corrected chi connectivity index (χ2v) is 3.61. The molecule has 0 aliphatic carbocycles. The third kappa shape index (κ3) is 1.64. The Hall–Kier alpha value is -1.68. The number of aromatic nitrogens is 2. The van der Waals surface area contributed by atoms with E-state index in [-0.39, 0.29) is 5.56 Å². The Labute approximate surface area is 86.8 Å². The lowest BCUT2D eigenvalue weighted by Gasteiger charge is -2.06. The van der Waals surface area contributed by atoms with Gasteiger partial charge in [-0.2, -0.15) is 0 Å². The van der Waals surface area contributed by atoms with Gasteiger partial charge in [0.05, 0.1) is 23.3 Å². The minimum Gasteiger partial charge on any atom is -0.389 e. The standard InChI is InChI=1S/C11H12N2O2/c1-7(14)8-3-4-10-9(5-8)11(15)13(2)6-12-10/h3-7,14H,1-2H3. The number of rotatable bonds is 1. The van der Waals surface area contributed by atoms with Crippen LogP contribution in [0.2, 0.25) is 0 Å². The Morgan fingerprint density at radius 1 is 1.47 bits per heavy atom. The first-order valence-electron chi connectivity index (χ1n) is 4.73. The molecule has 1 atom stereocenters. The van der Waals surface area contributed by atoms with Crippen molar-refractivity contribution in [3.63, 3.8) is 0 Å². The molecule has 0 aliphatic rings. The summed E-state index contributed by atoms with van der Waals surface area (Å²) in [5, 5.41) is 9.95. The van der Waals surface area contributed by atoms with E-state index in [0.717, 1.165) is 5.56 Å². The van der Waals surface area contributed by atoms with Crippen LogP contribution in [0.15, 0.2) is 29.3 Å². The van der Waals surface area contributed by atoms with Gasteiger partial charge in [-0.05, 0) is 24.6 Å². The highest BCUT2D eigenvalue weighted by molar-refractivity contribution is 5.78. The van der Waals surface area contributed by atoms with E-state index in [9.17, 15) is 9.90 Å². The second-order valence-electron chi connectivity index (χ2n) is 3.61. The quantitative estimate of drug-likeness (QED) is 0.753. The molecule has 1 unspecified atom stereocenters. The monoisotopic (exact) mass is 204 g/mol. The number of nitrogens with zero attached hydrogens (tertiary/aromatic N) is 2. The molecular formula is C11H12N2O2. The predicted molar refractivity (Wildman–Crippen MR) is 57.6 cm³/mol. The normalized spacial score (nSPS) is 13.0. The molecule has 2 aromatic rings. The molecule has 4 heteroatoms. The molecule has 0 spiro atoms. The molecule has 0 aliphatic heterocycles. The average Bonchev–Trinajstić information content (AvgIpc) is 2.23. The van der Waals surface area contributed by atoms with Crippen LogP contribution in [0.5, 0.6) is 0 Å². The number of hydrogen-bond acceptors (Lipinski definition) is 3. The molecule has 0 radical (unpaired) electrons. The number of aliphatic hydroxyl groups excluding tert-OH is 1. The molecule has 2 rings (SSSR count). The van der Waals surface area contributed by atoms with Crippen molar-refractivity contribution in [1.29, 1.82) is 0 Å². The van der Waals surface area contributed by atoms with Crippen LogP contribution in [0.25, 0.3) is 10.9 Å². The highest BCUT2D eigenvalue weighted by Gasteiger charge is 2.05. The van der Waals surface area contributed by atoms with Gasteiger partial charge in [-0.3, -0.25) is 4.79 Å². The first kappa shape index (κ1) is 9.86. The number of aliphatic hydroxyl groups is 1. The molecule has 0 saturated carbocycles. The third-order valence-corrected chi connectivity index (χ3v) is 2.42. The summed E-state index contributed by atoms with van der Waals surface area (Å²) in [6, 6.07) is 5.22. The van der Waals surface area contributed by atoms with Gasteiger partial charge in [-0.25, -0.2) is 4.98 Å². The largest absolute Gasteiger partial charge is 0.389 e. The summed E-state index contributed by atoms with van der Waals surface area (Å²) in [6.07, 6.45) is 0.923. The Morgan fingerprint density at radius 3 is 2.87 bits per heavy atom. The van der Waals surface area contributed by atoms with Gasteiger partial charge in [0, 0.05) is 7.05 Å². The number of benzene rings is 1. The summed E-state index contributed by atoms with van der Waals surface area (Å²) in [4.78, 5) is 15.9. The predicted octanol–water partition coefficient (Wildman–Crippen LogP) is 0.987. The molecule has 0 fully saturated rings. The summed E-state index contributed by atoms with van der Waals surface area (Å²) in [5.74, 6) is 0. The molecule has 0 amide bonds. The summed E-state index contributed by atoms with van der Waals surface area (Å²) < 4.78 is 1.42. The Balaban J connectivity index is 2.80. The summed E-state index contributed by atoms with van der Waals surface area (Å²) in [5.41, 5.74) is 1.29. The van der Waals surface area contributed by atoms with E-state index in [1.807, 2.05) is 0 Å². The van der Waals surface area contributed by atoms with Crippen molar-refractivity contribution in [2.24, 2.45) is 7.05 Å². The van der Waals surface area contributed by atoms with E-state index in [4.69, 9.17) is 0 Å². The minimum absolute atomic E-state index is 0.0949. The molecule has 0 saturated heterocycles. The highest BCUT2D eigenvalue weighted by Crippen LogP contribution is 2.15. The first-order valence-corrected chi connectivity index (χ1v) is 4.73. The van der Waals surface area contributed by atoms with E-state index in [1.165, 1.54) is 10.9 Å². The lowest BCUT2D eigenvalue weighted by atomic mass is 10.1. The average molecular weight is 204 g/mol. The molecular weight excluding hydrogens is 192 g/mol. The maximum atomic E-state index is 11.7. The van der Waals surface area contributed by atoms with Crippen LogP contribution in [-0.4, -0.2) is 14.7 Å². The van der Waals surface area contributed by atoms with Gasteiger partial charge in [0.1, 0.15) is 0 Å². The molecule has 78 valence electrons. The lowest BCUT2D eigenvalue weighted by molar-refractivity contribution is 0.199. The van der Waals surface area contributed by atoms with Gasteiger partial charge >= 0.3 is 0 Å². The van der Waals surface area contributed by atoms with Gasteiger partial charge in [0.2, 0.25) is 0 Å². The molecule has 1 aromatic heterocycles. The zero-order chi connectivity index (χ0) is 11.0. The molecule has 4 nitrogen and oxygen atoms in total. The first-order chi connectivity index (χ1) is 7.09. The van der Waals surface area contributed by atoms with Crippen molar-refractivity contribution in [1.82, 2.24) is 9.55 Å². The molecule has 1 aromatic carbocycles. The lowest BCUT2D eigenvalue weighted by Crippen LogP contribution is -2.17. The zero-order valence-electron chi connectivity index (χ0n) is 8.64. The zero-order valence-corrected chi connectivity index (χ0v) is 8.64. The van der Waals surface area contributed by atoms with Crippen LogP contribution in [0.1, 0.15) is 18.6 Å². The van der Waals surface area contributed by atoms with Crippen LogP contribution >= 0.6 is 0 Å². The third-order valence-electron chi connectivity index (χ3n) is 2.42. The SMILES string of the molecule is CC(O)c1ccc2ncn(C)c(=O)c2c1. The molecule has 1 N–H and O–H groups in total. The van der Waals surface area contributed by atoms with Crippen LogP contribution in [0.3, 0.4) is 0 Å². The number of aryl methyl sites for hydroxylation is 1. The summed E-state index contributed by atoms with van der Waals surface area (Å²) in [7, 11) is 1.66. The summed E-state index contributed by atoms with van der Waals surface area (Å²) >= 11 is 0. The van der Waals surface area contributed by atoms with E-state index in [2.05, 4.69) is 4.98 Å². The Kier molecular flexibility index (Phi) is 2.28. The second kappa shape index (κ2) is 3.47. The van der Waals surface area contributed by atoms with Gasteiger partial charge in [-0.15, -0.1) is 0 Å². The highest BCUT2D eigenvalue weighted by atomic mass is 16.3.